The summed E-state index contributed by atoms with van der Waals surface area (Å²) in [6.45, 7) is 1.59. The van der Waals surface area contributed by atoms with Crippen LogP contribution in [0.1, 0.15) is 47.3 Å². The number of thiazole rings is 1. The molecule has 0 saturated heterocycles. The van der Waals surface area contributed by atoms with E-state index in [9.17, 15) is 9.59 Å². The molecule has 28 heavy (non-hydrogen) atoms. The summed E-state index contributed by atoms with van der Waals surface area (Å²) in [6.07, 6.45) is 2.04. The maximum Gasteiger partial charge on any atom is 0.338 e. The van der Waals surface area contributed by atoms with Crippen molar-refractivity contribution in [2.24, 2.45) is 0 Å². The summed E-state index contributed by atoms with van der Waals surface area (Å²) in [7, 11) is 0. The monoisotopic (exact) mass is 395 g/mol. The quantitative estimate of drug-likeness (QED) is 0.658. The topological polar surface area (TPSA) is 94.3 Å². The van der Waals surface area contributed by atoms with E-state index in [1.807, 2.05) is 18.2 Å². The van der Waals surface area contributed by atoms with Crippen molar-refractivity contribution in [1.82, 2.24) is 10.3 Å². The number of carbonyl (C=O) groups is 2. The third kappa shape index (κ3) is 3.71. The SMILES string of the molecule is C[C@H](OC(=O)c1ccc2nc(N)sc2c1)C(=O)N[C@H]1CCCc2ccccc21. The minimum Gasteiger partial charge on any atom is -0.449 e. The standard InChI is InChI=1S/C21H21N3O3S/c1-12(19(25)23-16-8-4-6-13-5-2-3-7-15(13)16)27-20(26)14-9-10-17-18(11-14)28-21(22)24-17/h2-3,5,7,9-12,16H,4,6,8H2,1H3,(H2,22,24)(H,23,25)/t12-,16-/m0/s1. The van der Waals surface area contributed by atoms with E-state index in [1.54, 1.807) is 25.1 Å². The number of anilines is 1. The maximum absolute atomic E-state index is 12.6. The Morgan fingerprint density at radius 1 is 1.29 bits per heavy atom. The number of nitrogens with two attached hydrogens (primary N) is 1. The van der Waals surface area contributed by atoms with Gasteiger partial charge in [0.1, 0.15) is 0 Å². The predicted octanol–water partition coefficient (Wildman–Crippen LogP) is 3.62. The van der Waals surface area contributed by atoms with E-state index in [4.69, 9.17) is 10.5 Å². The zero-order chi connectivity index (χ0) is 19.7. The molecular weight excluding hydrogens is 374 g/mol. The van der Waals surface area contributed by atoms with Gasteiger partial charge in [0.15, 0.2) is 11.2 Å². The Kier molecular flexibility index (Phi) is 5.00. The summed E-state index contributed by atoms with van der Waals surface area (Å²) in [6, 6.07) is 13.1. The van der Waals surface area contributed by atoms with E-state index in [0.717, 1.165) is 35.0 Å². The van der Waals surface area contributed by atoms with E-state index in [0.29, 0.717) is 10.7 Å². The number of hydrogen-bond donors (Lipinski definition) is 2. The van der Waals surface area contributed by atoms with Crippen LogP contribution in [0.3, 0.4) is 0 Å². The lowest BCUT2D eigenvalue weighted by molar-refractivity contribution is -0.130. The van der Waals surface area contributed by atoms with Crippen LogP contribution >= 0.6 is 11.3 Å². The minimum atomic E-state index is -0.885. The number of amides is 1. The number of ether oxygens (including phenoxy) is 1. The molecule has 1 heterocycles. The Hall–Kier alpha value is -2.93. The van der Waals surface area contributed by atoms with Gasteiger partial charge in [0.2, 0.25) is 0 Å². The van der Waals surface area contributed by atoms with Crippen molar-refractivity contribution >= 4 is 38.6 Å². The van der Waals surface area contributed by atoms with Gasteiger partial charge < -0.3 is 15.8 Å². The first kappa shape index (κ1) is 18.4. The number of fused-ring (bicyclic) bond motifs is 2. The van der Waals surface area contributed by atoms with Crippen LogP contribution in [0.5, 0.6) is 0 Å². The number of nitrogen functional groups attached to an aromatic ring is 1. The van der Waals surface area contributed by atoms with Crippen molar-refractivity contribution in [2.45, 2.75) is 38.3 Å². The predicted molar refractivity (Wildman–Crippen MR) is 109 cm³/mol. The molecule has 0 bridgehead atoms. The molecule has 1 aromatic heterocycles. The number of hydrogen-bond acceptors (Lipinski definition) is 6. The van der Waals surface area contributed by atoms with Crippen molar-refractivity contribution < 1.29 is 14.3 Å². The van der Waals surface area contributed by atoms with E-state index < -0.39 is 12.1 Å². The van der Waals surface area contributed by atoms with Crippen LogP contribution in [0.4, 0.5) is 5.13 Å². The number of carbonyl (C=O) groups excluding carboxylic acids is 2. The van der Waals surface area contributed by atoms with Gasteiger partial charge in [0, 0.05) is 0 Å². The Bertz CT molecular complexity index is 1050. The summed E-state index contributed by atoms with van der Waals surface area (Å²) in [5.41, 5.74) is 9.22. The van der Waals surface area contributed by atoms with Crippen molar-refractivity contribution in [3.05, 3.63) is 59.2 Å². The minimum absolute atomic E-state index is 0.0462. The molecule has 1 aliphatic carbocycles. The fourth-order valence-corrected chi connectivity index (χ4v) is 4.32. The lowest BCUT2D eigenvalue weighted by atomic mass is 9.87. The first-order valence-electron chi connectivity index (χ1n) is 9.26. The summed E-state index contributed by atoms with van der Waals surface area (Å²) in [5, 5.41) is 3.47. The van der Waals surface area contributed by atoms with Crippen molar-refractivity contribution in [1.29, 1.82) is 0 Å². The number of aromatic nitrogens is 1. The molecule has 2 aromatic carbocycles. The normalized spacial score (nSPS) is 17.0. The largest absolute Gasteiger partial charge is 0.449 e. The maximum atomic E-state index is 12.6. The molecule has 0 radical (unpaired) electrons. The molecule has 0 aliphatic heterocycles. The van der Waals surface area contributed by atoms with Gasteiger partial charge in [-0.2, -0.15) is 0 Å². The lowest BCUT2D eigenvalue weighted by Gasteiger charge is -2.27. The van der Waals surface area contributed by atoms with Crippen LogP contribution in [0.15, 0.2) is 42.5 Å². The highest BCUT2D eigenvalue weighted by Gasteiger charge is 2.25. The third-order valence-electron chi connectivity index (χ3n) is 4.98. The molecule has 1 aliphatic rings. The van der Waals surface area contributed by atoms with Crippen molar-refractivity contribution in [2.75, 3.05) is 5.73 Å². The van der Waals surface area contributed by atoms with Gasteiger partial charge in [-0.1, -0.05) is 35.6 Å². The molecule has 144 valence electrons. The number of esters is 1. The molecule has 7 heteroatoms. The third-order valence-corrected chi connectivity index (χ3v) is 5.83. The molecule has 0 fully saturated rings. The van der Waals surface area contributed by atoms with E-state index >= 15 is 0 Å². The molecule has 0 spiro atoms. The molecule has 0 saturated carbocycles. The Balaban J connectivity index is 1.42. The van der Waals surface area contributed by atoms with E-state index in [-0.39, 0.29) is 11.9 Å². The lowest BCUT2D eigenvalue weighted by Crippen LogP contribution is -2.39. The van der Waals surface area contributed by atoms with Gasteiger partial charge in [-0.15, -0.1) is 0 Å². The average Bonchev–Trinajstić information content (AvgIpc) is 3.07. The first-order valence-corrected chi connectivity index (χ1v) is 10.1. The summed E-state index contributed by atoms with van der Waals surface area (Å²) in [5.74, 6) is -0.835. The molecule has 6 nitrogen and oxygen atoms in total. The van der Waals surface area contributed by atoms with Crippen LogP contribution in [-0.4, -0.2) is 23.0 Å². The van der Waals surface area contributed by atoms with E-state index in [1.165, 1.54) is 16.9 Å². The highest BCUT2D eigenvalue weighted by molar-refractivity contribution is 7.22. The number of rotatable bonds is 4. The Morgan fingerprint density at radius 3 is 2.96 bits per heavy atom. The molecule has 0 unspecified atom stereocenters. The zero-order valence-electron chi connectivity index (χ0n) is 15.5. The Labute approximate surface area is 166 Å². The fourth-order valence-electron chi connectivity index (χ4n) is 3.54. The number of nitrogens with one attached hydrogen (secondary N) is 1. The van der Waals surface area contributed by atoms with Crippen molar-refractivity contribution in [3.63, 3.8) is 0 Å². The van der Waals surface area contributed by atoms with Gasteiger partial charge in [0.05, 0.1) is 21.8 Å². The molecule has 3 N–H and O–H groups in total. The van der Waals surface area contributed by atoms with Crippen molar-refractivity contribution in [3.8, 4) is 0 Å². The van der Waals surface area contributed by atoms with Gasteiger partial charge in [-0.25, -0.2) is 9.78 Å². The summed E-state index contributed by atoms with van der Waals surface area (Å²) < 4.78 is 6.19. The van der Waals surface area contributed by atoms with Gasteiger partial charge in [-0.3, -0.25) is 4.79 Å². The summed E-state index contributed by atoms with van der Waals surface area (Å²) in [4.78, 5) is 29.2. The van der Waals surface area contributed by atoms with Gasteiger partial charge >= 0.3 is 5.97 Å². The van der Waals surface area contributed by atoms with Crippen LogP contribution < -0.4 is 11.1 Å². The second-order valence-corrected chi connectivity index (χ2v) is 8.00. The summed E-state index contributed by atoms with van der Waals surface area (Å²) >= 11 is 1.31. The smallest absolute Gasteiger partial charge is 0.338 e. The molecule has 1 amide bonds. The Morgan fingerprint density at radius 2 is 2.11 bits per heavy atom. The first-order chi connectivity index (χ1) is 13.5. The van der Waals surface area contributed by atoms with Crippen LogP contribution in [0.2, 0.25) is 0 Å². The number of nitrogens with zero attached hydrogens (tertiary/aromatic N) is 1. The van der Waals surface area contributed by atoms with Gasteiger partial charge in [-0.05, 0) is 55.5 Å². The number of benzene rings is 2. The highest BCUT2D eigenvalue weighted by atomic mass is 32.1. The van der Waals surface area contributed by atoms with Crippen LogP contribution in [0, 0.1) is 0 Å². The molecule has 3 aromatic rings. The highest BCUT2D eigenvalue weighted by Crippen LogP contribution is 2.29. The number of aryl methyl sites for hydroxylation is 1. The fraction of sp³-hybridized carbons (Fsp3) is 0.286. The zero-order valence-corrected chi connectivity index (χ0v) is 16.3. The van der Waals surface area contributed by atoms with E-state index in [2.05, 4.69) is 16.4 Å². The average molecular weight is 395 g/mol. The van der Waals surface area contributed by atoms with Crippen LogP contribution in [0.25, 0.3) is 10.2 Å². The molecule has 2 atom stereocenters. The van der Waals surface area contributed by atoms with Crippen LogP contribution in [-0.2, 0) is 16.0 Å². The second kappa shape index (κ2) is 7.59. The van der Waals surface area contributed by atoms with Gasteiger partial charge in [0.25, 0.3) is 5.91 Å². The molecule has 4 rings (SSSR count). The molecular formula is C21H21N3O3S. The second-order valence-electron chi connectivity index (χ2n) is 6.93.